The van der Waals surface area contributed by atoms with Crippen molar-refractivity contribution in [2.24, 2.45) is 5.73 Å². The van der Waals surface area contributed by atoms with Crippen molar-refractivity contribution in [1.82, 2.24) is 0 Å². The molecule has 1 rings (SSSR count). The van der Waals surface area contributed by atoms with Gasteiger partial charge in [0.2, 0.25) is 0 Å². The van der Waals surface area contributed by atoms with Gasteiger partial charge in [-0.15, -0.1) is 0 Å². The van der Waals surface area contributed by atoms with Crippen molar-refractivity contribution in [1.29, 1.82) is 0 Å². The van der Waals surface area contributed by atoms with Gasteiger partial charge in [0.1, 0.15) is 6.10 Å². The Labute approximate surface area is 79.6 Å². The van der Waals surface area contributed by atoms with E-state index in [-0.39, 0.29) is 12.1 Å². The maximum Gasteiger partial charge on any atom is 0.307 e. The minimum atomic E-state index is -0.130. The van der Waals surface area contributed by atoms with Crippen LogP contribution < -0.4 is 5.73 Å². The number of esters is 1. The fourth-order valence-electron chi connectivity index (χ4n) is 1.72. The molecule has 0 amide bonds. The molecule has 1 aliphatic carbocycles. The molecule has 0 atom stereocenters. The van der Waals surface area contributed by atoms with Crippen LogP contribution in [-0.4, -0.2) is 18.6 Å². The van der Waals surface area contributed by atoms with Gasteiger partial charge in [0.05, 0.1) is 6.42 Å². The van der Waals surface area contributed by atoms with Gasteiger partial charge in [-0.2, -0.15) is 0 Å². The predicted molar refractivity (Wildman–Crippen MR) is 51.3 cm³/mol. The fourth-order valence-corrected chi connectivity index (χ4v) is 1.72. The first-order valence-corrected chi connectivity index (χ1v) is 5.22. The van der Waals surface area contributed by atoms with Crippen LogP contribution in [0.4, 0.5) is 0 Å². The van der Waals surface area contributed by atoms with Crippen molar-refractivity contribution >= 4 is 5.97 Å². The summed E-state index contributed by atoms with van der Waals surface area (Å²) in [6.07, 6.45) is 7.56. The summed E-state index contributed by atoms with van der Waals surface area (Å²) in [5, 5.41) is 0. The van der Waals surface area contributed by atoms with Gasteiger partial charge < -0.3 is 10.5 Å². The first-order chi connectivity index (χ1) is 6.33. The number of carbonyl (C=O) groups is 1. The Kier molecular flexibility index (Phi) is 4.83. The molecule has 0 saturated heterocycles. The predicted octanol–water partition coefficient (Wildman–Crippen LogP) is 1.60. The lowest BCUT2D eigenvalue weighted by atomic mass is 10.1. The zero-order valence-corrected chi connectivity index (χ0v) is 8.13. The second-order valence-electron chi connectivity index (χ2n) is 3.64. The maximum atomic E-state index is 11.1. The van der Waals surface area contributed by atoms with Crippen LogP contribution in [-0.2, 0) is 9.53 Å². The van der Waals surface area contributed by atoms with Crippen LogP contribution in [0.15, 0.2) is 0 Å². The van der Waals surface area contributed by atoms with E-state index in [9.17, 15) is 4.79 Å². The normalized spacial score (nSPS) is 19.5. The van der Waals surface area contributed by atoms with Gasteiger partial charge in [-0.1, -0.05) is 12.8 Å². The summed E-state index contributed by atoms with van der Waals surface area (Å²) in [5.41, 5.74) is 5.26. The van der Waals surface area contributed by atoms with Crippen LogP contribution in [0, 0.1) is 0 Å². The number of hydrogen-bond acceptors (Lipinski definition) is 3. The van der Waals surface area contributed by atoms with E-state index in [0.717, 1.165) is 12.8 Å². The molecule has 1 saturated carbocycles. The summed E-state index contributed by atoms with van der Waals surface area (Å²) in [7, 11) is 0. The average molecular weight is 185 g/mol. The highest BCUT2D eigenvalue weighted by Crippen LogP contribution is 2.19. The molecule has 0 radical (unpaired) electrons. The number of carbonyl (C=O) groups excluding carboxylic acids is 1. The maximum absolute atomic E-state index is 11.1. The molecule has 0 bridgehead atoms. The summed E-state index contributed by atoms with van der Waals surface area (Å²) in [6.45, 7) is 0.394. The lowest BCUT2D eigenvalue weighted by Crippen LogP contribution is -2.19. The average Bonchev–Trinajstić information content (AvgIpc) is 2.33. The Morgan fingerprint density at radius 3 is 2.38 bits per heavy atom. The quantitative estimate of drug-likeness (QED) is 0.536. The van der Waals surface area contributed by atoms with Gasteiger partial charge in [0.25, 0.3) is 0 Å². The van der Waals surface area contributed by atoms with E-state index in [2.05, 4.69) is 0 Å². The van der Waals surface area contributed by atoms with Crippen molar-refractivity contribution < 1.29 is 9.53 Å². The molecule has 3 heteroatoms. The Hall–Kier alpha value is -0.570. The summed E-state index contributed by atoms with van der Waals surface area (Å²) in [4.78, 5) is 11.1. The molecule has 1 fully saturated rings. The third kappa shape index (κ3) is 4.27. The van der Waals surface area contributed by atoms with E-state index in [4.69, 9.17) is 10.5 Å². The molecule has 76 valence electrons. The van der Waals surface area contributed by atoms with Gasteiger partial charge in [0.15, 0.2) is 0 Å². The van der Waals surface area contributed by atoms with Gasteiger partial charge in [0, 0.05) is 6.54 Å². The van der Waals surface area contributed by atoms with Crippen LogP contribution in [0.1, 0.15) is 44.9 Å². The van der Waals surface area contributed by atoms with Crippen molar-refractivity contribution in [2.75, 3.05) is 6.54 Å². The third-order valence-corrected chi connectivity index (χ3v) is 2.45. The molecular formula is C10H19NO2. The topological polar surface area (TPSA) is 52.3 Å². The highest BCUT2D eigenvalue weighted by molar-refractivity contribution is 5.69. The van der Waals surface area contributed by atoms with Gasteiger partial charge in [-0.25, -0.2) is 0 Å². The molecule has 13 heavy (non-hydrogen) atoms. The zero-order chi connectivity index (χ0) is 9.52. The Bertz CT molecular complexity index is 151. The van der Waals surface area contributed by atoms with E-state index in [0.29, 0.717) is 13.0 Å². The molecule has 0 aromatic heterocycles. The smallest absolute Gasteiger partial charge is 0.307 e. The molecule has 0 heterocycles. The van der Waals surface area contributed by atoms with E-state index in [1.807, 2.05) is 0 Å². The van der Waals surface area contributed by atoms with E-state index < -0.39 is 0 Å². The fraction of sp³-hybridized carbons (Fsp3) is 0.900. The molecule has 2 N–H and O–H groups in total. The molecule has 0 unspecified atom stereocenters. The monoisotopic (exact) mass is 185 g/mol. The first-order valence-electron chi connectivity index (χ1n) is 5.22. The van der Waals surface area contributed by atoms with Crippen molar-refractivity contribution in [3.05, 3.63) is 0 Å². The molecule has 0 aromatic rings. The third-order valence-electron chi connectivity index (χ3n) is 2.45. The van der Waals surface area contributed by atoms with E-state index in [1.54, 1.807) is 0 Å². The van der Waals surface area contributed by atoms with Crippen molar-refractivity contribution in [3.8, 4) is 0 Å². The molecule has 0 spiro atoms. The summed E-state index contributed by atoms with van der Waals surface area (Å²) in [6, 6.07) is 0. The molecular weight excluding hydrogens is 166 g/mol. The molecule has 1 aliphatic rings. The second kappa shape index (κ2) is 5.97. The lowest BCUT2D eigenvalue weighted by Gasteiger charge is -2.14. The number of ether oxygens (including phenoxy) is 1. The first kappa shape index (κ1) is 10.5. The Morgan fingerprint density at radius 2 is 1.85 bits per heavy atom. The summed E-state index contributed by atoms with van der Waals surface area (Å²) in [5.74, 6) is -0.130. The van der Waals surface area contributed by atoms with Crippen LogP contribution in [0.3, 0.4) is 0 Å². The minimum absolute atomic E-state index is 0.130. The molecule has 0 aliphatic heterocycles. The zero-order valence-electron chi connectivity index (χ0n) is 8.13. The van der Waals surface area contributed by atoms with E-state index in [1.165, 1.54) is 25.7 Å². The highest BCUT2D eigenvalue weighted by Gasteiger charge is 2.15. The van der Waals surface area contributed by atoms with E-state index >= 15 is 0 Å². The number of rotatable bonds is 3. The standard InChI is InChI=1S/C10H19NO2/c11-8-7-10(12)13-9-5-3-1-2-4-6-9/h9H,1-8,11H2. The SMILES string of the molecule is NCCC(=O)OC1CCCCCC1. The lowest BCUT2D eigenvalue weighted by molar-refractivity contribution is -0.149. The molecule has 0 aromatic carbocycles. The Balaban J connectivity index is 2.21. The van der Waals surface area contributed by atoms with Gasteiger partial charge in [-0.3, -0.25) is 4.79 Å². The largest absolute Gasteiger partial charge is 0.462 e. The van der Waals surface area contributed by atoms with Crippen molar-refractivity contribution in [2.45, 2.75) is 51.0 Å². The summed E-state index contributed by atoms with van der Waals surface area (Å²) < 4.78 is 5.29. The number of hydrogen-bond donors (Lipinski definition) is 1. The van der Waals surface area contributed by atoms with Crippen LogP contribution >= 0.6 is 0 Å². The van der Waals surface area contributed by atoms with Crippen LogP contribution in [0.2, 0.25) is 0 Å². The summed E-state index contributed by atoms with van der Waals surface area (Å²) >= 11 is 0. The van der Waals surface area contributed by atoms with Crippen LogP contribution in [0.25, 0.3) is 0 Å². The highest BCUT2D eigenvalue weighted by atomic mass is 16.5. The van der Waals surface area contributed by atoms with Crippen molar-refractivity contribution in [3.63, 3.8) is 0 Å². The number of nitrogens with two attached hydrogens (primary N) is 1. The van der Waals surface area contributed by atoms with Gasteiger partial charge in [-0.05, 0) is 25.7 Å². The van der Waals surface area contributed by atoms with Gasteiger partial charge >= 0.3 is 5.97 Å². The minimum Gasteiger partial charge on any atom is -0.462 e. The second-order valence-corrected chi connectivity index (χ2v) is 3.64. The Morgan fingerprint density at radius 1 is 1.23 bits per heavy atom. The molecule has 3 nitrogen and oxygen atoms in total. The van der Waals surface area contributed by atoms with Crippen LogP contribution in [0.5, 0.6) is 0 Å².